The number of hydrogen-bond donors (Lipinski definition) is 1. The maximum Gasteiger partial charge on any atom is 0.410 e. The zero-order valence-electron chi connectivity index (χ0n) is 26.0. The van der Waals surface area contributed by atoms with Crippen molar-refractivity contribution in [2.45, 2.75) is 65.0 Å². The van der Waals surface area contributed by atoms with Crippen molar-refractivity contribution in [3.05, 3.63) is 54.5 Å². The monoisotopic (exact) mass is 599 g/mol. The van der Waals surface area contributed by atoms with Gasteiger partial charge in [0.1, 0.15) is 23.2 Å². The minimum absolute atomic E-state index is 0.116. The Morgan fingerprint density at radius 3 is 2.41 bits per heavy atom. The minimum Gasteiger partial charge on any atom is -0.492 e. The van der Waals surface area contributed by atoms with Crippen molar-refractivity contribution < 1.29 is 19.1 Å². The molecular formula is C33H41N7O4. The molecule has 0 saturated carbocycles. The van der Waals surface area contributed by atoms with Crippen molar-refractivity contribution in [3.63, 3.8) is 0 Å². The van der Waals surface area contributed by atoms with Crippen molar-refractivity contribution in [1.29, 1.82) is 5.26 Å². The first-order valence-electron chi connectivity index (χ1n) is 15.3. The number of hydrogen-bond acceptors (Lipinski definition) is 8. The van der Waals surface area contributed by atoms with Crippen LogP contribution in [0.5, 0.6) is 5.75 Å². The van der Waals surface area contributed by atoms with Gasteiger partial charge < -0.3 is 24.6 Å². The molecule has 44 heavy (non-hydrogen) atoms. The van der Waals surface area contributed by atoms with Crippen LogP contribution in [0.4, 0.5) is 16.3 Å². The van der Waals surface area contributed by atoms with E-state index >= 15 is 0 Å². The number of ether oxygens (including phenoxy) is 2. The van der Waals surface area contributed by atoms with Crippen LogP contribution in [0.3, 0.4) is 0 Å². The Balaban J connectivity index is 1.17. The molecule has 2 saturated heterocycles. The van der Waals surface area contributed by atoms with Gasteiger partial charge in [0.2, 0.25) is 5.91 Å². The summed E-state index contributed by atoms with van der Waals surface area (Å²) in [5.41, 5.74) is 2.61. The van der Waals surface area contributed by atoms with Crippen LogP contribution in [0.1, 0.15) is 65.0 Å². The number of amides is 2. The van der Waals surface area contributed by atoms with Crippen LogP contribution in [0.25, 0.3) is 11.1 Å². The average Bonchev–Trinajstić information content (AvgIpc) is 3.48. The highest BCUT2D eigenvalue weighted by Crippen LogP contribution is 2.30. The Bertz CT molecular complexity index is 1510. The zero-order chi connectivity index (χ0) is 31.3. The molecule has 2 aliphatic rings. The number of aromatic nitrogens is 3. The topological polar surface area (TPSA) is 126 Å². The first-order valence-corrected chi connectivity index (χ1v) is 15.3. The highest BCUT2D eigenvalue weighted by molar-refractivity contribution is 5.73. The number of rotatable bonds is 7. The molecular weight excluding hydrogens is 558 g/mol. The van der Waals surface area contributed by atoms with E-state index in [-0.39, 0.29) is 18.0 Å². The second-order valence-corrected chi connectivity index (χ2v) is 12.5. The molecule has 1 aromatic carbocycles. The fourth-order valence-electron chi connectivity index (χ4n) is 5.61. The molecule has 2 amide bonds. The summed E-state index contributed by atoms with van der Waals surface area (Å²) in [5.74, 6) is 1.71. The van der Waals surface area contributed by atoms with Gasteiger partial charge in [-0.05, 0) is 87.8 Å². The number of nitriles is 1. The number of piperidine rings is 2. The molecule has 0 bridgehead atoms. The van der Waals surface area contributed by atoms with Crippen molar-refractivity contribution in [2.75, 3.05) is 38.1 Å². The molecule has 11 heteroatoms. The number of nitrogens with zero attached hydrogens (tertiary/aromatic N) is 6. The molecule has 2 fully saturated rings. The lowest BCUT2D eigenvalue weighted by molar-refractivity contribution is -0.130. The zero-order valence-corrected chi connectivity index (χ0v) is 26.0. The first kappa shape index (κ1) is 30.9. The quantitative estimate of drug-likeness (QED) is 0.363. The summed E-state index contributed by atoms with van der Waals surface area (Å²) in [4.78, 5) is 32.1. The smallest absolute Gasteiger partial charge is 0.410 e. The second kappa shape index (κ2) is 13.4. The third-order valence-corrected chi connectivity index (χ3v) is 8.09. The molecule has 0 aliphatic carbocycles. The molecule has 0 atom stereocenters. The second-order valence-electron chi connectivity index (χ2n) is 12.5. The van der Waals surface area contributed by atoms with Crippen molar-refractivity contribution >= 4 is 23.5 Å². The third-order valence-electron chi connectivity index (χ3n) is 8.09. The summed E-state index contributed by atoms with van der Waals surface area (Å²) >= 11 is 0. The summed E-state index contributed by atoms with van der Waals surface area (Å²) < 4.78 is 13.5. The van der Waals surface area contributed by atoms with Crippen LogP contribution in [-0.2, 0) is 9.53 Å². The van der Waals surface area contributed by atoms with Gasteiger partial charge in [-0.1, -0.05) is 6.07 Å². The number of carbonyl (C=O) groups excluding carboxylic acids is 2. The van der Waals surface area contributed by atoms with E-state index in [4.69, 9.17) is 9.47 Å². The van der Waals surface area contributed by atoms with Gasteiger partial charge in [0.05, 0.1) is 30.1 Å². The highest BCUT2D eigenvalue weighted by atomic mass is 16.6. The Labute approximate surface area is 258 Å². The van der Waals surface area contributed by atoms with Crippen LogP contribution in [0.15, 0.2) is 48.9 Å². The fourth-order valence-corrected chi connectivity index (χ4v) is 5.61. The molecule has 0 spiro atoms. The summed E-state index contributed by atoms with van der Waals surface area (Å²) in [5, 5.41) is 17.7. The maximum atomic E-state index is 12.4. The molecule has 2 aromatic heterocycles. The number of carbonyl (C=O) groups is 2. The lowest BCUT2D eigenvalue weighted by Crippen LogP contribution is -2.42. The number of anilines is 2. The number of benzene rings is 1. The Hall–Kier alpha value is -4.59. The first-order chi connectivity index (χ1) is 21.1. The van der Waals surface area contributed by atoms with Gasteiger partial charge in [0.15, 0.2) is 0 Å². The normalized spacial score (nSPS) is 16.3. The van der Waals surface area contributed by atoms with E-state index in [1.54, 1.807) is 24.2 Å². The van der Waals surface area contributed by atoms with Crippen LogP contribution in [-0.4, -0.2) is 75.0 Å². The van der Waals surface area contributed by atoms with E-state index in [2.05, 4.69) is 21.5 Å². The Morgan fingerprint density at radius 1 is 1.02 bits per heavy atom. The lowest BCUT2D eigenvalue weighted by Gasteiger charge is -2.33. The number of nitrogens with one attached hydrogen (secondary N) is 1. The van der Waals surface area contributed by atoms with Gasteiger partial charge in [-0.2, -0.15) is 10.4 Å². The van der Waals surface area contributed by atoms with Gasteiger partial charge in [-0.25, -0.2) is 9.78 Å². The van der Waals surface area contributed by atoms with Crippen molar-refractivity contribution in [1.82, 2.24) is 24.6 Å². The molecule has 11 nitrogen and oxygen atoms in total. The van der Waals surface area contributed by atoms with Gasteiger partial charge in [0.25, 0.3) is 0 Å². The van der Waals surface area contributed by atoms with Crippen LogP contribution in [0, 0.1) is 17.2 Å². The largest absolute Gasteiger partial charge is 0.492 e. The third kappa shape index (κ3) is 7.86. The van der Waals surface area contributed by atoms with Crippen LogP contribution >= 0.6 is 0 Å². The minimum atomic E-state index is -0.505. The van der Waals surface area contributed by atoms with E-state index in [1.807, 2.05) is 66.9 Å². The molecule has 4 heterocycles. The molecule has 232 valence electrons. The van der Waals surface area contributed by atoms with E-state index in [9.17, 15) is 14.9 Å². The SMILES string of the molecule is CC(=O)N1CCC(COc2ccc(-c3ccnc(Nc4cnn(C5CCN(C(=O)OC(C)(C)C)CC5)c4)c3)cc2C#N)CC1. The summed E-state index contributed by atoms with van der Waals surface area (Å²) in [6, 6.07) is 12.0. The summed E-state index contributed by atoms with van der Waals surface area (Å²) in [7, 11) is 0. The highest BCUT2D eigenvalue weighted by Gasteiger charge is 2.28. The number of likely N-dealkylation sites (tertiary alicyclic amines) is 2. The summed E-state index contributed by atoms with van der Waals surface area (Å²) in [6.45, 7) is 10.5. The van der Waals surface area contributed by atoms with Crippen LogP contribution in [0.2, 0.25) is 0 Å². The molecule has 0 unspecified atom stereocenters. The van der Waals surface area contributed by atoms with E-state index < -0.39 is 5.60 Å². The maximum absolute atomic E-state index is 12.4. The fraction of sp³-hybridized carbons (Fsp3) is 0.485. The van der Waals surface area contributed by atoms with Gasteiger partial charge in [-0.15, -0.1) is 0 Å². The lowest BCUT2D eigenvalue weighted by atomic mass is 9.97. The summed E-state index contributed by atoms with van der Waals surface area (Å²) in [6.07, 6.45) is 8.61. The molecule has 5 rings (SSSR count). The average molecular weight is 600 g/mol. The van der Waals surface area contributed by atoms with Gasteiger partial charge in [-0.3, -0.25) is 9.48 Å². The van der Waals surface area contributed by atoms with Gasteiger partial charge >= 0.3 is 6.09 Å². The molecule has 3 aromatic rings. The predicted octanol–water partition coefficient (Wildman–Crippen LogP) is 5.77. The standard InChI is InChI=1S/C33H41N7O4/c1-23(41)38-13-8-24(9-14-38)22-43-30-6-5-25(17-27(30)19-34)26-7-12-35-31(18-26)37-28-20-36-40(21-28)29-10-15-39(16-11-29)32(42)44-33(2,3)4/h5-7,12,17-18,20-21,24,29H,8-11,13-16,22H2,1-4H3,(H,35,37). The Kier molecular flexibility index (Phi) is 9.37. The van der Waals surface area contributed by atoms with Crippen LogP contribution < -0.4 is 10.1 Å². The van der Waals surface area contributed by atoms with E-state index in [0.29, 0.717) is 42.7 Å². The number of pyridine rings is 1. The molecule has 2 aliphatic heterocycles. The molecule has 0 radical (unpaired) electrons. The van der Waals surface area contributed by atoms with Crippen molar-refractivity contribution in [3.8, 4) is 22.9 Å². The predicted molar refractivity (Wildman–Crippen MR) is 166 cm³/mol. The van der Waals surface area contributed by atoms with Gasteiger partial charge in [0, 0.05) is 45.5 Å². The van der Waals surface area contributed by atoms with Crippen molar-refractivity contribution in [2.24, 2.45) is 5.92 Å². The molecule has 1 N–H and O–H groups in total. The van der Waals surface area contributed by atoms with E-state index in [1.165, 1.54) is 0 Å². The van der Waals surface area contributed by atoms with E-state index in [0.717, 1.165) is 55.6 Å². The Morgan fingerprint density at radius 2 is 1.73 bits per heavy atom.